The quantitative estimate of drug-likeness (QED) is 0.588. The molecular formula is C15H20F2O5. The molecule has 0 radical (unpaired) electrons. The van der Waals surface area contributed by atoms with E-state index < -0.39 is 30.4 Å². The monoisotopic (exact) mass is 318 g/mol. The highest BCUT2D eigenvalue weighted by Crippen LogP contribution is 2.57. The summed E-state index contributed by atoms with van der Waals surface area (Å²) in [7, 11) is 0. The van der Waals surface area contributed by atoms with Crippen LogP contribution in [-0.2, 0) is 19.0 Å². The van der Waals surface area contributed by atoms with Crippen LogP contribution < -0.4 is 0 Å². The summed E-state index contributed by atoms with van der Waals surface area (Å²) in [4.78, 5) is 22.6. The fourth-order valence-corrected chi connectivity index (χ4v) is 4.62. The predicted molar refractivity (Wildman–Crippen MR) is 70.0 cm³/mol. The van der Waals surface area contributed by atoms with Crippen molar-refractivity contribution in [1.29, 1.82) is 0 Å². The van der Waals surface area contributed by atoms with Crippen molar-refractivity contribution in [3.63, 3.8) is 0 Å². The van der Waals surface area contributed by atoms with Crippen LogP contribution in [0, 0.1) is 17.8 Å². The summed E-state index contributed by atoms with van der Waals surface area (Å²) in [5, 5.41) is 0. The van der Waals surface area contributed by atoms with Gasteiger partial charge in [-0.3, -0.25) is 0 Å². The second kappa shape index (κ2) is 5.35. The molecule has 0 spiro atoms. The molecule has 0 atom stereocenters. The average Bonchev–Trinajstić information content (AvgIpc) is 2.34. The summed E-state index contributed by atoms with van der Waals surface area (Å²) >= 11 is 0. The number of halogens is 2. The van der Waals surface area contributed by atoms with E-state index in [-0.39, 0.29) is 0 Å². The molecule has 0 amide bonds. The van der Waals surface area contributed by atoms with Crippen LogP contribution in [-0.4, -0.2) is 30.4 Å². The van der Waals surface area contributed by atoms with E-state index >= 15 is 0 Å². The number of carbonyl (C=O) groups excluding carboxylic acids is 2. The van der Waals surface area contributed by atoms with Crippen molar-refractivity contribution in [2.24, 2.45) is 17.8 Å². The zero-order valence-corrected chi connectivity index (χ0v) is 12.5. The minimum atomic E-state index is -3.60. The Kier molecular flexibility index (Phi) is 3.77. The van der Waals surface area contributed by atoms with Gasteiger partial charge in [0.15, 0.2) is 0 Å². The Morgan fingerprint density at radius 3 is 2.00 bits per heavy atom. The number of ether oxygens (including phenoxy) is 3. The van der Waals surface area contributed by atoms with Gasteiger partial charge in [0.2, 0.25) is 6.79 Å². The maximum atomic E-state index is 12.6. The second-order valence-electron chi connectivity index (χ2n) is 7.03. The number of hydrogen-bond donors (Lipinski definition) is 0. The number of rotatable bonds is 4. The molecule has 4 rings (SSSR count). The van der Waals surface area contributed by atoms with E-state index in [2.05, 4.69) is 9.47 Å². The van der Waals surface area contributed by atoms with E-state index in [1.807, 2.05) is 0 Å². The molecule has 0 aromatic heterocycles. The van der Waals surface area contributed by atoms with Gasteiger partial charge in [-0.25, -0.2) is 9.59 Å². The van der Waals surface area contributed by atoms with Crippen molar-refractivity contribution >= 4 is 12.1 Å². The maximum absolute atomic E-state index is 12.6. The zero-order chi connectivity index (χ0) is 16.0. The molecule has 0 aromatic carbocycles. The summed E-state index contributed by atoms with van der Waals surface area (Å²) in [6.45, 7) is -0.434. The highest BCUT2D eigenvalue weighted by atomic mass is 19.3. The lowest BCUT2D eigenvalue weighted by Gasteiger charge is -2.55. The summed E-state index contributed by atoms with van der Waals surface area (Å²) in [6.07, 6.45) is 5.22. The van der Waals surface area contributed by atoms with Gasteiger partial charge in [-0.05, 0) is 56.3 Å². The smallest absolute Gasteiger partial charge is 0.428 e. The van der Waals surface area contributed by atoms with E-state index in [1.165, 1.54) is 19.3 Å². The lowest BCUT2D eigenvalue weighted by Crippen LogP contribution is -2.52. The Balaban J connectivity index is 1.47. The van der Waals surface area contributed by atoms with Crippen LogP contribution in [0.15, 0.2) is 0 Å². The summed E-state index contributed by atoms with van der Waals surface area (Å²) < 4.78 is 39.4. The summed E-state index contributed by atoms with van der Waals surface area (Å²) in [5.41, 5.74) is -0.468. The number of hydrogen-bond acceptors (Lipinski definition) is 5. The van der Waals surface area contributed by atoms with Crippen molar-refractivity contribution < 1.29 is 32.6 Å². The zero-order valence-electron chi connectivity index (χ0n) is 12.5. The molecule has 0 saturated heterocycles. The van der Waals surface area contributed by atoms with Crippen LogP contribution in [0.4, 0.5) is 13.6 Å². The number of carbonyl (C=O) groups is 2. The first kappa shape index (κ1) is 15.5. The molecule has 22 heavy (non-hydrogen) atoms. The fourth-order valence-electron chi connectivity index (χ4n) is 4.62. The Hall–Kier alpha value is -1.40. The summed E-state index contributed by atoms with van der Waals surface area (Å²) in [5.74, 6) is -3.51. The van der Waals surface area contributed by atoms with Gasteiger partial charge in [-0.15, -0.1) is 0 Å². The average molecular weight is 318 g/mol. The van der Waals surface area contributed by atoms with Gasteiger partial charge in [0.25, 0.3) is 0 Å². The van der Waals surface area contributed by atoms with E-state index in [0.717, 1.165) is 19.3 Å². The van der Waals surface area contributed by atoms with Gasteiger partial charge in [0.1, 0.15) is 5.60 Å². The van der Waals surface area contributed by atoms with Crippen molar-refractivity contribution in [3.05, 3.63) is 0 Å². The second-order valence-corrected chi connectivity index (χ2v) is 7.03. The Morgan fingerprint density at radius 1 is 1.05 bits per heavy atom. The molecule has 0 N–H and O–H groups in total. The first-order valence-corrected chi connectivity index (χ1v) is 7.66. The third kappa shape index (κ3) is 3.17. The molecule has 4 saturated carbocycles. The van der Waals surface area contributed by atoms with Crippen molar-refractivity contribution in [3.8, 4) is 0 Å². The first-order valence-electron chi connectivity index (χ1n) is 7.66. The topological polar surface area (TPSA) is 61.8 Å². The Labute approximate surface area is 127 Å². The molecule has 4 aliphatic rings. The van der Waals surface area contributed by atoms with Crippen molar-refractivity contribution in [2.75, 3.05) is 6.79 Å². The van der Waals surface area contributed by atoms with Crippen LogP contribution in [0.3, 0.4) is 0 Å². The van der Waals surface area contributed by atoms with Crippen LogP contribution in [0.5, 0.6) is 0 Å². The molecule has 0 unspecified atom stereocenters. The summed E-state index contributed by atoms with van der Waals surface area (Å²) in [6, 6.07) is 0. The molecular weight excluding hydrogens is 298 g/mol. The van der Waals surface area contributed by atoms with Gasteiger partial charge in [-0.2, -0.15) is 8.78 Å². The Morgan fingerprint density at radius 2 is 1.55 bits per heavy atom. The fraction of sp³-hybridized carbons (Fsp3) is 0.867. The van der Waals surface area contributed by atoms with Gasteiger partial charge in [-0.1, -0.05) is 0 Å². The van der Waals surface area contributed by atoms with Crippen LogP contribution in [0.1, 0.15) is 45.4 Å². The molecule has 4 aliphatic carbocycles. The van der Waals surface area contributed by atoms with Crippen LogP contribution >= 0.6 is 0 Å². The largest absolute Gasteiger partial charge is 0.511 e. The SMILES string of the molecule is CC(F)(F)C(=O)OCOC(=O)OC12CC3CC(CC(C3)C1)C2. The maximum Gasteiger partial charge on any atom is 0.511 e. The molecule has 124 valence electrons. The lowest BCUT2D eigenvalue weighted by atomic mass is 9.54. The van der Waals surface area contributed by atoms with Crippen molar-refractivity contribution in [1.82, 2.24) is 0 Å². The highest BCUT2D eigenvalue weighted by Gasteiger charge is 2.53. The first-order chi connectivity index (χ1) is 10.3. The number of esters is 1. The van der Waals surface area contributed by atoms with Crippen LogP contribution in [0.25, 0.3) is 0 Å². The third-order valence-corrected chi connectivity index (χ3v) is 5.01. The van der Waals surface area contributed by atoms with Gasteiger partial charge in [0, 0.05) is 6.92 Å². The Bertz CT molecular complexity index is 436. The normalized spacial score (nSPS) is 36.0. The van der Waals surface area contributed by atoms with Crippen LogP contribution in [0.2, 0.25) is 0 Å². The highest BCUT2D eigenvalue weighted by molar-refractivity contribution is 5.76. The predicted octanol–water partition coefficient (Wildman–Crippen LogP) is 3.26. The molecule has 4 fully saturated rings. The minimum Gasteiger partial charge on any atom is -0.428 e. The lowest BCUT2D eigenvalue weighted by molar-refractivity contribution is -0.183. The molecule has 4 bridgehead atoms. The number of alkyl halides is 2. The van der Waals surface area contributed by atoms with E-state index in [1.54, 1.807) is 0 Å². The van der Waals surface area contributed by atoms with E-state index in [9.17, 15) is 18.4 Å². The molecule has 7 heteroatoms. The van der Waals surface area contributed by atoms with Gasteiger partial charge in [0.05, 0.1) is 0 Å². The van der Waals surface area contributed by atoms with E-state index in [0.29, 0.717) is 24.7 Å². The van der Waals surface area contributed by atoms with Crippen molar-refractivity contribution in [2.45, 2.75) is 57.0 Å². The molecule has 0 aromatic rings. The minimum absolute atomic E-state index is 0.420. The van der Waals surface area contributed by atoms with E-state index in [4.69, 9.17) is 4.74 Å². The van der Waals surface area contributed by atoms with Gasteiger partial charge < -0.3 is 14.2 Å². The third-order valence-electron chi connectivity index (χ3n) is 5.01. The standard InChI is InChI=1S/C15H20F2O5/c1-14(16,17)12(18)20-8-21-13(19)22-15-5-9-2-10(6-15)4-11(3-9)7-15/h9-11H,2-8H2,1H3. The molecule has 5 nitrogen and oxygen atoms in total. The molecule has 0 aliphatic heterocycles. The molecule has 0 heterocycles. The van der Waals surface area contributed by atoms with Gasteiger partial charge >= 0.3 is 18.0 Å².